The van der Waals surface area contributed by atoms with Crippen molar-refractivity contribution in [3.05, 3.63) is 59.2 Å². The molecule has 19 heavy (non-hydrogen) atoms. The SMILES string of the molecule is Cc1cccc(CC(Cl)c2ccc3c(c2)OCO3)c1. The molecule has 1 unspecified atom stereocenters. The van der Waals surface area contributed by atoms with E-state index in [9.17, 15) is 0 Å². The molecule has 0 bridgehead atoms. The van der Waals surface area contributed by atoms with E-state index in [4.69, 9.17) is 21.1 Å². The van der Waals surface area contributed by atoms with Crippen LogP contribution in [0, 0.1) is 6.92 Å². The lowest BCUT2D eigenvalue weighted by Crippen LogP contribution is -1.96. The Bertz CT molecular complexity index is 595. The van der Waals surface area contributed by atoms with Crippen LogP contribution in [0.3, 0.4) is 0 Å². The van der Waals surface area contributed by atoms with Gasteiger partial charge in [0.15, 0.2) is 11.5 Å². The van der Waals surface area contributed by atoms with Crippen LogP contribution >= 0.6 is 11.6 Å². The van der Waals surface area contributed by atoms with Gasteiger partial charge in [-0.2, -0.15) is 0 Å². The van der Waals surface area contributed by atoms with Crippen molar-refractivity contribution in [3.8, 4) is 11.5 Å². The summed E-state index contributed by atoms with van der Waals surface area (Å²) in [4.78, 5) is 0. The second-order valence-corrected chi connectivity index (χ2v) is 5.30. The fourth-order valence-electron chi connectivity index (χ4n) is 2.27. The fraction of sp³-hybridized carbons (Fsp3) is 0.250. The molecule has 0 radical (unpaired) electrons. The number of hydrogen-bond acceptors (Lipinski definition) is 2. The number of aryl methyl sites for hydroxylation is 1. The van der Waals surface area contributed by atoms with Crippen LogP contribution in [0.15, 0.2) is 42.5 Å². The number of alkyl halides is 1. The van der Waals surface area contributed by atoms with Crippen LogP contribution in [0.25, 0.3) is 0 Å². The quantitative estimate of drug-likeness (QED) is 0.779. The first-order chi connectivity index (χ1) is 9.22. The van der Waals surface area contributed by atoms with Gasteiger partial charge < -0.3 is 9.47 Å². The topological polar surface area (TPSA) is 18.5 Å². The van der Waals surface area contributed by atoms with Crippen molar-refractivity contribution in [1.29, 1.82) is 0 Å². The molecule has 0 spiro atoms. The Morgan fingerprint density at radius 3 is 2.79 bits per heavy atom. The molecule has 3 heteroatoms. The fourth-order valence-corrected chi connectivity index (χ4v) is 2.59. The molecule has 2 aromatic rings. The zero-order valence-corrected chi connectivity index (χ0v) is 11.5. The molecule has 0 amide bonds. The number of ether oxygens (including phenoxy) is 2. The third-order valence-electron chi connectivity index (χ3n) is 3.26. The van der Waals surface area contributed by atoms with Crippen molar-refractivity contribution in [3.63, 3.8) is 0 Å². The second kappa shape index (κ2) is 5.14. The number of benzene rings is 2. The van der Waals surface area contributed by atoms with Crippen LogP contribution in [-0.4, -0.2) is 6.79 Å². The molecule has 0 saturated carbocycles. The molecule has 0 fully saturated rings. The minimum Gasteiger partial charge on any atom is -0.454 e. The first-order valence-corrected chi connectivity index (χ1v) is 6.75. The van der Waals surface area contributed by atoms with E-state index < -0.39 is 0 Å². The molecule has 0 aliphatic carbocycles. The van der Waals surface area contributed by atoms with E-state index in [0.29, 0.717) is 6.79 Å². The van der Waals surface area contributed by atoms with Crippen molar-refractivity contribution >= 4 is 11.6 Å². The first kappa shape index (κ1) is 12.4. The lowest BCUT2D eigenvalue weighted by atomic mass is 10.0. The Hall–Kier alpha value is -1.67. The van der Waals surface area contributed by atoms with E-state index in [1.54, 1.807) is 0 Å². The third-order valence-corrected chi connectivity index (χ3v) is 3.66. The van der Waals surface area contributed by atoms with E-state index in [-0.39, 0.29) is 5.38 Å². The minimum absolute atomic E-state index is 0.0590. The smallest absolute Gasteiger partial charge is 0.231 e. The van der Waals surface area contributed by atoms with Gasteiger partial charge in [0.25, 0.3) is 0 Å². The molecule has 0 aromatic heterocycles. The van der Waals surface area contributed by atoms with E-state index in [1.165, 1.54) is 11.1 Å². The Balaban J connectivity index is 1.78. The van der Waals surface area contributed by atoms with Crippen LogP contribution in [0.4, 0.5) is 0 Å². The maximum absolute atomic E-state index is 6.50. The number of fused-ring (bicyclic) bond motifs is 1. The van der Waals surface area contributed by atoms with Gasteiger partial charge in [-0.25, -0.2) is 0 Å². The van der Waals surface area contributed by atoms with E-state index >= 15 is 0 Å². The van der Waals surface area contributed by atoms with Gasteiger partial charge in [-0.15, -0.1) is 11.6 Å². The lowest BCUT2D eigenvalue weighted by molar-refractivity contribution is 0.174. The molecular weight excluding hydrogens is 260 g/mol. The normalized spacial score (nSPS) is 14.4. The van der Waals surface area contributed by atoms with Crippen molar-refractivity contribution in [1.82, 2.24) is 0 Å². The Morgan fingerprint density at radius 2 is 1.95 bits per heavy atom. The molecule has 98 valence electrons. The van der Waals surface area contributed by atoms with E-state index in [1.807, 2.05) is 18.2 Å². The van der Waals surface area contributed by atoms with Crippen LogP contribution in [0.1, 0.15) is 22.1 Å². The van der Waals surface area contributed by atoms with Gasteiger partial charge in [0.1, 0.15) is 0 Å². The summed E-state index contributed by atoms with van der Waals surface area (Å²) in [7, 11) is 0. The highest BCUT2D eigenvalue weighted by molar-refractivity contribution is 6.21. The van der Waals surface area contributed by atoms with Crippen LogP contribution < -0.4 is 9.47 Å². The van der Waals surface area contributed by atoms with Crippen molar-refractivity contribution in [2.24, 2.45) is 0 Å². The van der Waals surface area contributed by atoms with Gasteiger partial charge in [0, 0.05) is 0 Å². The molecule has 1 aliphatic rings. The highest BCUT2D eigenvalue weighted by Gasteiger charge is 2.16. The molecule has 1 heterocycles. The minimum atomic E-state index is -0.0590. The highest BCUT2D eigenvalue weighted by Crippen LogP contribution is 2.36. The third kappa shape index (κ3) is 2.69. The van der Waals surface area contributed by atoms with Gasteiger partial charge in [0.2, 0.25) is 6.79 Å². The van der Waals surface area contributed by atoms with Crippen molar-refractivity contribution < 1.29 is 9.47 Å². The molecule has 3 rings (SSSR count). The van der Waals surface area contributed by atoms with Gasteiger partial charge in [-0.3, -0.25) is 0 Å². The molecule has 0 N–H and O–H groups in total. The monoisotopic (exact) mass is 274 g/mol. The molecule has 2 nitrogen and oxygen atoms in total. The molecule has 0 saturated heterocycles. The summed E-state index contributed by atoms with van der Waals surface area (Å²) in [6.07, 6.45) is 0.808. The van der Waals surface area contributed by atoms with E-state index in [2.05, 4.69) is 31.2 Å². The summed E-state index contributed by atoms with van der Waals surface area (Å²) in [6, 6.07) is 14.3. The maximum Gasteiger partial charge on any atom is 0.231 e. The first-order valence-electron chi connectivity index (χ1n) is 6.31. The average molecular weight is 275 g/mol. The van der Waals surface area contributed by atoms with Gasteiger partial charge in [-0.1, -0.05) is 35.9 Å². The molecule has 2 aromatic carbocycles. The van der Waals surface area contributed by atoms with Crippen LogP contribution in [0.5, 0.6) is 11.5 Å². The maximum atomic E-state index is 6.50. The largest absolute Gasteiger partial charge is 0.454 e. The predicted molar refractivity (Wildman–Crippen MR) is 76.0 cm³/mol. The Labute approximate surface area is 117 Å². The zero-order chi connectivity index (χ0) is 13.2. The molecule has 1 aliphatic heterocycles. The Morgan fingerprint density at radius 1 is 1.11 bits per heavy atom. The van der Waals surface area contributed by atoms with Gasteiger partial charge >= 0.3 is 0 Å². The average Bonchev–Trinajstić information content (AvgIpc) is 2.85. The summed E-state index contributed by atoms with van der Waals surface area (Å²) < 4.78 is 10.7. The summed E-state index contributed by atoms with van der Waals surface area (Å²) in [5, 5.41) is -0.0590. The summed E-state index contributed by atoms with van der Waals surface area (Å²) >= 11 is 6.50. The zero-order valence-electron chi connectivity index (χ0n) is 10.7. The number of hydrogen-bond donors (Lipinski definition) is 0. The van der Waals surface area contributed by atoms with Crippen molar-refractivity contribution in [2.45, 2.75) is 18.7 Å². The highest BCUT2D eigenvalue weighted by atomic mass is 35.5. The van der Waals surface area contributed by atoms with Crippen LogP contribution in [0.2, 0.25) is 0 Å². The second-order valence-electron chi connectivity index (χ2n) is 4.77. The summed E-state index contributed by atoms with van der Waals surface area (Å²) in [5.41, 5.74) is 3.57. The van der Waals surface area contributed by atoms with Gasteiger partial charge in [-0.05, 0) is 36.6 Å². The van der Waals surface area contributed by atoms with Gasteiger partial charge in [0.05, 0.1) is 5.38 Å². The summed E-state index contributed by atoms with van der Waals surface area (Å²) in [6.45, 7) is 2.39. The van der Waals surface area contributed by atoms with Crippen LogP contribution in [-0.2, 0) is 6.42 Å². The molecule has 1 atom stereocenters. The lowest BCUT2D eigenvalue weighted by Gasteiger charge is -2.11. The number of rotatable bonds is 3. The predicted octanol–water partition coefficient (Wildman–Crippen LogP) is 4.25. The Kier molecular flexibility index (Phi) is 3.34. The standard InChI is InChI=1S/C16H15ClO2/c1-11-3-2-4-12(7-11)8-14(17)13-5-6-15-16(9-13)19-10-18-15/h2-7,9,14H,8,10H2,1H3. The summed E-state index contributed by atoms with van der Waals surface area (Å²) in [5.74, 6) is 1.58. The molecular formula is C16H15ClO2. The van der Waals surface area contributed by atoms with Crippen molar-refractivity contribution in [2.75, 3.05) is 6.79 Å². The number of halogens is 1. The van der Waals surface area contributed by atoms with E-state index in [0.717, 1.165) is 23.5 Å².